The van der Waals surface area contributed by atoms with Crippen molar-refractivity contribution in [3.05, 3.63) is 18.5 Å². The van der Waals surface area contributed by atoms with E-state index < -0.39 is 10.2 Å². The largest absolute Gasteiger partial charge is 0.379 e. The smallest absolute Gasteiger partial charge is 0.282 e. The van der Waals surface area contributed by atoms with Crippen LogP contribution in [0.5, 0.6) is 0 Å². The summed E-state index contributed by atoms with van der Waals surface area (Å²) in [4.78, 5) is 10.4. The predicted molar refractivity (Wildman–Crippen MR) is 77.1 cm³/mol. The summed E-state index contributed by atoms with van der Waals surface area (Å²) in [5, 5.41) is 0. The number of rotatable bonds is 3. The van der Waals surface area contributed by atoms with Crippen LogP contribution >= 0.6 is 0 Å². The van der Waals surface area contributed by atoms with E-state index >= 15 is 0 Å². The van der Waals surface area contributed by atoms with Crippen LogP contribution in [0.15, 0.2) is 18.5 Å². The van der Waals surface area contributed by atoms with E-state index in [2.05, 4.69) is 9.97 Å². The van der Waals surface area contributed by atoms with Crippen LogP contribution in [0, 0.1) is 0 Å². The molecule has 3 rings (SSSR count). The lowest BCUT2D eigenvalue weighted by Crippen LogP contribution is -2.55. The van der Waals surface area contributed by atoms with E-state index in [0.717, 1.165) is 0 Å². The standard InChI is InChI=1S/C12H19N5O3S/c18-21(19,17-8-10-20-11-9-17)16-6-4-15(5-7-16)12-13-2-1-3-14-12/h1-3H,4-11H2. The van der Waals surface area contributed by atoms with Crippen molar-refractivity contribution in [2.45, 2.75) is 0 Å². The Morgan fingerprint density at radius 1 is 0.905 bits per heavy atom. The molecule has 1 aromatic rings. The summed E-state index contributed by atoms with van der Waals surface area (Å²) in [5.41, 5.74) is 0. The lowest BCUT2D eigenvalue weighted by molar-refractivity contribution is 0.0700. The Labute approximate surface area is 124 Å². The third-order valence-corrected chi connectivity index (χ3v) is 5.73. The zero-order valence-corrected chi connectivity index (χ0v) is 12.6. The number of morpholine rings is 1. The van der Waals surface area contributed by atoms with E-state index in [1.165, 1.54) is 8.61 Å². The molecular weight excluding hydrogens is 294 g/mol. The maximum atomic E-state index is 12.5. The van der Waals surface area contributed by atoms with Crippen molar-refractivity contribution in [3.8, 4) is 0 Å². The van der Waals surface area contributed by atoms with Crippen molar-refractivity contribution in [1.82, 2.24) is 18.6 Å². The SMILES string of the molecule is O=S(=O)(N1CCOCC1)N1CCN(c2ncccn2)CC1. The zero-order valence-electron chi connectivity index (χ0n) is 11.8. The van der Waals surface area contributed by atoms with Crippen LogP contribution in [-0.4, -0.2) is 79.5 Å². The molecule has 0 atom stereocenters. The molecule has 116 valence electrons. The quantitative estimate of drug-likeness (QED) is 0.725. The summed E-state index contributed by atoms with van der Waals surface area (Å²) in [6.07, 6.45) is 3.39. The molecule has 0 aliphatic carbocycles. The van der Waals surface area contributed by atoms with E-state index in [9.17, 15) is 8.42 Å². The number of anilines is 1. The lowest BCUT2D eigenvalue weighted by Gasteiger charge is -2.37. The van der Waals surface area contributed by atoms with Gasteiger partial charge in [-0.25, -0.2) is 9.97 Å². The molecule has 0 amide bonds. The highest BCUT2D eigenvalue weighted by Gasteiger charge is 2.33. The summed E-state index contributed by atoms with van der Waals surface area (Å²) >= 11 is 0. The van der Waals surface area contributed by atoms with Crippen molar-refractivity contribution < 1.29 is 13.2 Å². The zero-order chi connectivity index (χ0) is 14.7. The minimum absolute atomic E-state index is 0.435. The van der Waals surface area contributed by atoms with Gasteiger partial charge in [-0.15, -0.1) is 0 Å². The van der Waals surface area contributed by atoms with E-state index in [-0.39, 0.29) is 0 Å². The number of piperazine rings is 1. The van der Waals surface area contributed by atoms with E-state index in [1.54, 1.807) is 18.5 Å². The van der Waals surface area contributed by atoms with Crippen LogP contribution in [0.3, 0.4) is 0 Å². The van der Waals surface area contributed by atoms with Crippen LogP contribution in [0.25, 0.3) is 0 Å². The molecule has 1 aromatic heterocycles. The van der Waals surface area contributed by atoms with Gasteiger partial charge in [0.25, 0.3) is 10.2 Å². The van der Waals surface area contributed by atoms with Crippen LogP contribution in [0.2, 0.25) is 0 Å². The maximum absolute atomic E-state index is 12.5. The number of hydrogen-bond acceptors (Lipinski definition) is 6. The average Bonchev–Trinajstić information content (AvgIpc) is 2.57. The van der Waals surface area contributed by atoms with Gasteiger partial charge in [-0.3, -0.25) is 0 Å². The van der Waals surface area contributed by atoms with Crippen molar-refractivity contribution in [2.24, 2.45) is 0 Å². The average molecular weight is 313 g/mol. The highest BCUT2D eigenvalue weighted by Crippen LogP contribution is 2.16. The Kier molecular flexibility index (Phi) is 4.34. The van der Waals surface area contributed by atoms with Crippen LogP contribution in [-0.2, 0) is 14.9 Å². The molecule has 8 nitrogen and oxygen atoms in total. The molecular formula is C12H19N5O3S. The molecule has 0 saturated carbocycles. The van der Waals surface area contributed by atoms with E-state index in [4.69, 9.17) is 4.74 Å². The fourth-order valence-corrected chi connectivity index (χ4v) is 4.08. The predicted octanol–water partition coefficient (Wildman–Crippen LogP) is -0.824. The van der Waals surface area contributed by atoms with Crippen LogP contribution in [0.4, 0.5) is 5.95 Å². The second-order valence-corrected chi connectivity index (χ2v) is 6.88. The van der Waals surface area contributed by atoms with Crippen LogP contribution in [0.1, 0.15) is 0 Å². The third kappa shape index (κ3) is 3.15. The molecule has 0 bridgehead atoms. The molecule has 21 heavy (non-hydrogen) atoms. The molecule has 2 fully saturated rings. The number of aromatic nitrogens is 2. The minimum Gasteiger partial charge on any atom is -0.379 e. The topological polar surface area (TPSA) is 78.9 Å². The first-order chi connectivity index (χ1) is 10.2. The van der Waals surface area contributed by atoms with Gasteiger partial charge in [-0.05, 0) is 6.07 Å². The molecule has 2 saturated heterocycles. The normalized spacial score (nSPS) is 22.4. The minimum atomic E-state index is -3.37. The summed E-state index contributed by atoms with van der Waals surface area (Å²) in [6, 6.07) is 1.77. The van der Waals surface area contributed by atoms with Gasteiger partial charge in [0.2, 0.25) is 5.95 Å². The second-order valence-electron chi connectivity index (χ2n) is 4.95. The molecule has 3 heterocycles. The first-order valence-corrected chi connectivity index (χ1v) is 8.42. The Morgan fingerprint density at radius 3 is 2.10 bits per heavy atom. The van der Waals surface area contributed by atoms with Gasteiger partial charge in [0.1, 0.15) is 0 Å². The third-order valence-electron chi connectivity index (χ3n) is 3.70. The van der Waals surface area contributed by atoms with Crippen molar-refractivity contribution in [2.75, 3.05) is 57.4 Å². The van der Waals surface area contributed by atoms with Gasteiger partial charge >= 0.3 is 0 Å². The van der Waals surface area contributed by atoms with Gasteiger partial charge in [0.05, 0.1) is 13.2 Å². The highest BCUT2D eigenvalue weighted by molar-refractivity contribution is 7.86. The van der Waals surface area contributed by atoms with Crippen molar-refractivity contribution in [3.63, 3.8) is 0 Å². The van der Waals surface area contributed by atoms with Gasteiger partial charge in [-0.2, -0.15) is 17.0 Å². The molecule has 0 spiro atoms. The van der Waals surface area contributed by atoms with E-state index in [1.807, 2.05) is 4.90 Å². The monoisotopic (exact) mass is 313 g/mol. The number of hydrogen-bond donors (Lipinski definition) is 0. The first kappa shape index (κ1) is 14.6. The highest BCUT2D eigenvalue weighted by atomic mass is 32.2. The Hall–Kier alpha value is -1.29. The summed E-state index contributed by atoms with van der Waals surface area (Å²) in [6.45, 7) is 3.93. The fraction of sp³-hybridized carbons (Fsp3) is 0.667. The lowest BCUT2D eigenvalue weighted by atomic mass is 10.4. The summed E-state index contributed by atoms with van der Waals surface area (Å²) in [7, 11) is -3.37. The molecule has 0 unspecified atom stereocenters. The van der Waals surface area contributed by atoms with Gasteiger partial charge < -0.3 is 9.64 Å². The van der Waals surface area contributed by atoms with E-state index in [0.29, 0.717) is 58.4 Å². The van der Waals surface area contributed by atoms with Crippen molar-refractivity contribution >= 4 is 16.2 Å². The molecule has 2 aliphatic heterocycles. The second kappa shape index (κ2) is 6.22. The number of nitrogens with zero attached hydrogens (tertiary/aromatic N) is 5. The summed E-state index contributed by atoms with van der Waals surface area (Å²) in [5.74, 6) is 0.654. The molecule has 0 aromatic carbocycles. The molecule has 0 radical (unpaired) electrons. The van der Waals surface area contributed by atoms with Gasteiger partial charge in [0, 0.05) is 51.7 Å². The van der Waals surface area contributed by atoms with Gasteiger partial charge in [-0.1, -0.05) is 0 Å². The maximum Gasteiger partial charge on any atom is 0.282 e. The Morgan fingerprint density at radius 2 is 1.48 bits per heavy atom. The van der Waals surface area contributed by atoms with Crippen LogP contribution < -0.4 is 4.90 Å². The number of ether oxygens (including phenoxy) is 1. The molecule has 9 heteroatoms. The first-order valence-electron chi connectivity index (χ1n) is 7.03. The molecule has 2 aliphatic rings. The molecule has 0 N–H and O–H groups in total. The van der Waals surface area contributed by atoms with Crippen molar-refractivity contribution in [1.29, 1.82) is 0 Å². The Bertz CT molecular complexity index is 554. The summed E-state index contributed by atoms with van der Waals surface area (Å²) < 4.78 is 33.3. The Balaban J connectivity index is 1.62. The fourth-order valence-electron chi connectivity index (χ4n) is 2.51. The van der Waals surface area contributed by atoms with Gasteiger partial charge in [0.15, 0.2) is 0 Å².